The first-order valence-corrected chi connectivity index (χ1v) is 14.4. The molecule has 0 unspecified atom stereocenters. The van der Waals surface area contributed by atoms with Crippen LogP contribution in [0.3, 0.4) is 0 Å². The monoisotopic (exact) mass is 529 g/mol. The van der Waals surface area contributed by atoms with Crippen LogP contribution in [0.2, 0.25) is 0 Å². The van der Waals surface area contributed by atoms with E-state index in [1.807, 2.05) is 52.3 Å². The number of likely N-dealkylation sites (tertiary alicyclic amines) is 1. The first kappa shape index (κ1) is 27.4. The molecule has 0 spiro atoms. The van der Waals surface area contributed by atoms with Crippen molar-refractivity contribution in [2.24, 2.45) is 5.92 Å². The zero-order valence-electron chi connectivity index (χ0n) is 23.0. The standard InChI is InChI=1S/C33H40FN3O2/c1-2-26-8-10-28(11-9-26)24-35-16-14-29(15-17-35)25-37(33(38)22-27-6-4-3-5-7-27)30-12-13-32(31(34)23-30)36-18-20-39-21-19-36/h3-13,23,29H,2,14-22,24-25H2,1H3. The van der Waals surface area contributed by atoms with Crippen LogP contribution >= 0.6 is 0 Å². The molecule has 0 aromatic heterocycles. The van der Waals surface area contributed by atoms with E-state index >= 15 is 4.39 Å². The van der Waals surface area contributed by atoms with Crippen molar-refractivity contribution >= 4 is 17.3 Å². The maximum atomic E-state index is 15.3. The fourth-order valence-corrected chi connectivity index (χ4v) is 5.67. The lowest BCUT2D eigenvalue weighted by Gasteiger charge is -2.35. The van der Waals surface area contributed by atoms with Crippen LogP contribution in [0.15, 0.2) is 72.8 Å². The second-order valence-electron chi connectivity index (χ2n) is 10.8. The van der Waals surface area contributed by atoms with E-state index < -0.39 is 0 Å². The van der Waals surface area contributed by atoms with Gasteiger partial charge in [-0.2, -0.15) is 0 Å². The summed E-state index contributed by atoms with van der Waals surface area (Å²) in [5, 5.41) is 0. The number of anilines is 2. The number of rotatable bonds is 9. The summed E-state index contributed by atoms with van der Waals surface area (Å²) in [5.74, 6) is 0.111. The predicted octanol–water partition coefficient (Wildman–Crippen LogP) is 5.71. The number of piperidine rings is 1. The summed E-state index contributed by atoms with van der Waals surface area (Å²) in [6, 6.07) is 24.0. The number of nitrogens with zero attached hydrogens (tertiary/aromatic N) is 3. The first-order chi connectivity index (χ1) is 19.1. The van der Waals surface area contributed by atoms with Crippen molar-refractivity contribution in [1.82, 2.24) is 4.90 Å². The molecule has 2 heterocycles. The number of carbonyl (C=O) groups is 1. The van der Waals surface area contributed by atoms with Gasteiger partial charge in [0.15, 0.2) is 0 Å². The smallest absolute Gasteiger partial charge is 0.231 e. The molecule has 0 aliphatic carbocycles. The van der Waals surface area contributed by atoms with Crippen LogP contribution < -0.4 is 9.80 Å². The van der Waals surface area contributed by atoms with Crippen LogP contribution in [0.4, 0.5) is 15.8 Å². The summed E-state index contributed by atoms with van der Waals surface area (Å²) in [7, 11) is 0. The maximum Gasteiger partial charge on any atom is 0.231 e. The zero-order chi connectivity index (χ0) is 27.0. The Morgan fingerprint density at radius 2 is 1.59 bits per heavy atom. The predicted molar refractivity (Wildman–Crippen MR) is 156 cm³/mol. The van der Waals surface area contributed by atoms with E-state index in [0.717, 1.165) is 44.5 Å². The Kier molecular flexibility index (Phi) is 9.27. The van der Waals surface area contributed by atoms with Crippen LogP contribution in [-0.2, 0) is 28.9 Å². The van der Waals surface area contributed by atoms with Gasteiger partial charge in [-0.25, -0.2) is 4.39 Å². The van der Waals surface area contributed by atoms with Crippen molar-refractivity contribution in [2.45, 2.75) is 39.2 Å². The van der Waals surface area contributed by atoms with E-state index in [9.17, 15) is 4.79 Å². The number of benzene rings is 3. The number of hydrogen-bond acceptors (Lipinski definition) is 4. The Balaban J connectivity index is 1.26. The zero-order valence-corrected chi connectivity index (χ0v) is 23.0. The number of amides is 1. The topological polar surface area (TPSA) is 36.0 Å². The van der Waals surface area contributed by atoms with Crippen LogP contribution in [0.5, 0.6) is 0 Å². The van der Waals surface area contributed by atoms with Crippen molar-refractivity contribution in [3.05, 3.63) is 95.3 Å². The van der Waals surface area contributed by atoms with Crippen molar-refractivity contribution < 1.29 is 13.9 Å². The first-order valence-electron chi connectivity index (χ1n) is 14.4. The van der Waals surface area contributed by atoms with Crippen molar-refractivity contribution in [3.63, 3.8) is 0 Å². The van der Waals surface area contributed by atoms with Gasteiger partial charge in [0.1, 0.15) is 5.82 Å². The molecule has 0 saturated carbocycles. The van der Waals surface area contributed by atoms with E-state index in [1.54, 1.807) is 6.07 Å². The van der Waals surface area contributed by atoms with Crippen LogP contribution in [-0.4, -0.2) is 56.7 Å². The molecule has 0 radical (unpaired) electrons. The van der Waals surface area contributed by atoms with Crippen molar-refractivity contribution in [3.8, 4) is 0 Å². The highest BCUT2D eigenvalue weighted by molar-refractivity contribution is 5.95. The molecule has 3 aromatic rings. The highest BCUT2D eigenvalue weighted by Crippen LogP contribution is 2.29. The highest BCUT2D eigenvalue weighted by Gasteiger charge is 2.26. The van der Waals surface area contributed by atoms with Gasteiger partial charge in [-0.3, -0.25) is 9.69 Å². The normalized spacial score (nSPS) is 16.8. The highest BCUT2D eigenvalue weighted by atomic mass is 19.1. The molecule has 5 rings (SSSR count). The number of morpholine rings is 1. The maximum absolute atomic E-state index is 15.3. The van der Waals surface area contributed by atoms with E-state index in [-0.39, 0.29) is 11.7 Å². The molecule has 0 N–H and O–H groups in total. The van der Waals surface area contributed by atoms with Gasteiger partial charge in [0.05, 0.1) is 25.3 Å². The summed E-state index contributed by atoms with van der Waals surface area (Å²) in [6.07, 6.45) is 3.41. The molecule has 2 saturated heterocycles. The largest absolute Gasteiger partial charge is 0.378 e. The summed E-state index contributed by atoms with van der Waals surface area (Å²) < 4.78 is 20.8. The van der Waals surface area contributed by atoms with Gasteiger partial charge in [-0.05, 0) is 73.2 Å². The molecule has 2 aliphatic rings. The summed E-state index contributed by atoms with van der Waals surface area (Å²) >= 11 is 0. The van der Waals surface area contributed by atoms with Gasteiger partial charge >= 0.3 is 0 Å². The molecule has 2 aliphatic heterocycles. The summed E-state index contributed by atoms with van der Waals surface area (Å²) in [4.78, 5) is 20.0. The van der Waals surface area contributed by atoms with Crippen LogP contribution in [0.25, 0.3) is 0 Å². The molecule has 0 bridgehead atoms. The minimum atomic E-state index is -0.282. The Hall–Kier alpha value is -3.22. The molecule has 1 amide bonds. The number of aryl methyl sites for hydroxylation is 1. The van der Waals surface area contributed by atoms with Crippen LogP contribution in [0, 0.1) is 11.7 Å². The van der Waals surface area contributed by atoms with E-state index in [1.165, 1.54) is 11.1 Å². The van der Waals surface area contributed by atoms with Gasteiger partial charge in [0.2, 0.25) is 5.91 Å². The number of hydrogen-bond donors (Lipinski definition) is 0. The molecule has 206 valence electrons. The molecule has 3 aromatic carbocycles. The Labute approximate surface area is 232 Å². The lowest BCUT2D eigenvalue weighted by molar-refractivity contribution is -0.118. The third-order valence-electron chi connectivity index (χ3n) is 8.08. The number of carbonyl (C=O) groups excluding carboxylic acids is 1. The minimum Gasteiger partial charge on any atom is -0.378 e. The van der Waals surface area contributed by atoms with Gasteiger partial charge in [-0.1, -0.05) is 61.5 Å². The minimum absolute atomic E-state index is 0.0122. The van der Waals surface area contributed by atoms with E-state index in [4.69, 9.17) is 4.74 Å². The van der Waals surface area contributed by atoms with Gasteiger partial charge in [-0.15, -0.1) is 0 Å². The number of ether oxygens (including phenoxy) is 1. The second kappa shape index (κ2) is 13.2. The quantitative estimate of drug-likeness (QED) is 0.356. The van der Waals surface area contributed by atoms with Crippen LogP contribution in [0.1, 0.15) is 36.5 Å². The fourth-order valence-electron chi connectivity index (χ4n) is 5.67. The summed E-state index contributed by atoms with van der Waals surface area (Å²) in [5.41, 5.74) is 4.91. The Morgan fingerprint density at radius 3 is 2.26 bits per heavy atom. The number of halogens is 1. The Bertz CT molecular complexity index is 1200. The average Bonchev–Trinajstić information content (AvgIpc) is 2.98. The van der Waals surface area contributed by atoms with E-state index in [0.29, 0.717) is 56.6 Å². The molecule has 0 atom stereocenters. The molecule has 39 heavy (non-hydrogen) atoms. The lowest BCUT2D eigenvalue weighted by Crippen LogP contribution is -2.41. The molecular weight excluding hydrogens is 489 g/mol. The molecule has 2 fully saturated rings. The molecular formula is C33H40FN3O2. The SMILES string of the molecule is CCc1ccc(CN2CCC(CN(C(=O)Cc3ccccc3)c3ccc(N4CCOCC4)c(F)c3)CC2)cc1. The Morgan fingerprint density at radius 1 is 0.897 bits per heavy atom. The second-order valence-corrected chi connectivity index (χ2v) is 10.8. The average molecular weight is 530 g/mol. The molecule has 5 nitrogen and oxygen atoms in total. The lowest BCUT2D eigenvalue weighted by atomic mass is 9.95. The fraction of sp³-hybridized carbons (Fsp3) is 0.424. The van der Waals surface area contributed by atoms with E-state index in [2.05, 4.69) is 36.1 Å². The third-order valence-corrected chi connectivity index (χ3v) is 8.08. The van der Waals surface area contributed by atoms with Crippen molar-refractivity contribution in [2.75, 3.05) is 55.7 Å². The van der Waals surface area contributed by atoms with Gasteiger partial charge in [0.25, 0.3) is 0 Å². The summed E-state index contributed by atoms with van der Waals surface area (Å²) in [6.45, 7) is 8.32. The third kappa shape index (κ3) is 7.25. The van der Waals surface area contributed by atoms with Gasteiger partial charge in [0, 0.05) is 31.9 Å². The van der Waals surface area contributed by atoms with Crippen molar-refractivity contribution in [1.29, 1.82) is 0 Å². The van der Waals surface area contributed by atoms with Gasteiger partial charge < -0.3 is 14.5 Å². The molecule has 6 heteroatoms.